The van der Waals surface area contributed by atoms with Crippen molar-refractivity contribution in [2.24, 2.45) is 0 Å². The van der Waals surface area contributed by atoms with Gasteiger partial charge in [-0.1, -0.05) is 41.9 Å². The third-order valence-electron chi connectivity index (χ3n) is 5.96. The van der Waals surface area contributed by atoms with E-state index in [4.69, 9.17) is 25.9 Å². The zero-order chi connectivity index (χ0) is 26.6. The summed E-state index contributed by atoms with van der Waals surface area (Å²) in [7, 11) is 0. The van der Waals surface area contributed by atoms with Gasteiger partial charge in [-0.15, -0.1) is 10.2 Å². The molecule has 1 N–H and O–H groups in total. The number of rotatable bonds is 7. The molecule has 0 radical (unpaired) electrons. The van der Waals surface area contributed by atoms with Crippen molar-refractivity contribution in [2.45, 2.75) is 13.1 Å². The first-order valence-electron chi connectivity index (χ1n) is 11.7. The fourth-order valence-corrected chi connectivity index (χ4v) is 4.39. The van der Waals surface area contributed by atoms with E-state index in [1.165, 1.54) is 34.1 Å². The number of aromatic nitrogens is 2. The maximum Gasteiger partial charge on any atom is 0.260 e. The summed E-state index contributed by atoms with van der Waals surface area (Å²) < 4.78 is 25.1. The van der Waals surface area contributed by atoms with E-state index in [0.717, 1.165) is 5.56 Å². The molecule has 2 amide bonds. The fourth-order valence-electron chi connectivity index (χ4n) is 4.14. The summed E-state index contributed by atoms with van der Waals surface area (Å²) in [6.07, 6.45) is 0. The number of nitrogens with zero attached hydrogens (tertiary/aromatic N) is 4. The number of benzene rings is 3. The normalized spacial score (nSPS) is 13.3. The predicted molar refractivity (Wildman–Crippen MR) is 136 cm³/mol. The molecule has 0 aliphatic carbocycles. The summed E-state index contributed by atoms with van der Waals surface area (Å²) in [5, 5.41) is 17.0. The van der Waals surface area contributed by atoms with E-state index in [9.17, 15) is 14.0 Å². The van der Waals surface area contributed by atoms with E-state index in [1.807, 2.05) is 12.1 Å². The Morgan fingerprint density at radius 1 is 1.08 bits per heavy atom. The number of hydrogen-bond acceptors (Lipinski definition) is 7. The minimum Gasteiger partial charge on any atom is -0.491 e. The molecule has 0 saturated heterocycles. The number of amides is 2. The Hall–Kier alpha value is -4.28. The number of carbonyl (C=O) groups is 2. The number of para-hydroxylation sites is 1. The van der Waals surface area contributed by atoms with Crippen LogP contribution in [-0.4, -0.2) is 51.8 Å². The smallest absolute Gasteiger partial charge is 0.260 e. The first kappa shape index (κ1) is 25.4. The van der Waals surface area contributed by atoms with Crippen molar-refractivity contribution in [3.05, 3.63) is 94.6 Å². The van der Waals surface area contributed by atoms with Gasteiger partial charge in [0.1, 0.15) is 24.7 Å². The molecule has 0 spiro atoms. The van der Waals surface area contributed by atoms with Crippen LogP contribution in [0.25, 0.3) is 11.5 Å². The molecule has 0 saturated carbocycles. The van der Waals surface area contributed by atoms with Crippen LogP contribution in [0.15, 0.2) is 71.1 Å². The molecular formula is C27H22ClFN4O5. The largest absolute Gasteiger partial charge is 0.491 e. The highest BCUT2D eigenvalue weighted by Crippen LogP contribution is 2.31. The summed E-state index contributed by atoms with van der Waals surface area (Å²) in [5.41, 5.74) is 1.67. The lowest BCUT2D eigenvalue weighted by molar-refractivity contribution is -0.131. The Morgan fingerprint density at radius 2 is 1.87 bits per heavy atom. The molecule has 0 unspecified atom stereocenters. The second-order valence-electron chi connectivity index (χ2n) is 8.46. The van der Waals surface area contributed by atoms with E-state index < -0.39 is 11.7 Å². The lowest BCUT2D eigenvalue weighted by Crippen LogP contribution is -2.40. The van der Waals surface area contributed by atoms with Crippen LogP contribution in [0.3, 0.4) is 0 Å². The molecule has 11 heteroatoms. The van der Waals surface area contributed by atoms with Gasteiger partial charge < -0.3 is 19.2 Å². The monoisotopic (exact) mass is 536 g/mol. The Morgan fingerprint density at radius 3 is 2.66 bits per heavy atom. The van der Waals surface area contributed by atoms with Crippen molar-refractivity contribution in [2.75, 3.05) is 24.7 Å². The number of anilines is 1. The molecule has 9 nitrogen and oxygen atoms in total. The second kappa shape index (κ2) is 11.0. The fraction of sp³-hybridized carbons (Fsp3) is 0.185. The molecule has 1 aliphatic heterocycles. The van der Waals surface area contributed by atoms with Crippen molar-refractivity contribution < 1.29 is 28.2 Å². The van der Waals surface area contributed by atoms with Crippen molar-refractivity contribution in [1.29, 1.82) is 0 Å². The van der Waals surface area contributed by atoms with Crippen LogP contribution < -0.4 is 9.64 Å². The van der Waals surface area contributed by atoms with Crippen LogP contribution in [0.1, 0.15) is 21.8 Å². The van der Waals surface area contributed by atoms with Gasteiger partial charge in [-0.05, 0) is 42.0 Å². The average molecular weight is 537 g/mol. The van der Waals surface area contributed by atoms with Gasteiger partial charge >= 0.3 is 0 Å². The molecule has 194 valence electrons. The van der Waals surface area contributed by atoms with Crippen molar-refractivity contribution >= 4 is 29.1 Å². The lowest BCUT2D eigenvalue weighted by Gasteiger charge is -2.23. The third-order valence-corrected chi connectivity index (χ3v) is 6.28. The van der Waals surface area contributed by atoms with Gasteiger partial charge in [0.2, 0.25) is 11.8 Å². The Balaban J connectivity index is 1.39. The van der Waals surface area contributed by atoms with Gasteiger partial charge in [0.15, 0.2) is 0 Å². The Labute approximate surface area is 222 Å². The number of carbonyl (C=O) groups excluding carboxylic acids is 2. The highest BCUT2D eigenvalue weighted by atomic mass is 35.5. The minimum absolute atomic E-state index is 0.0126. The number of hydrogen-bond donors (Lipinski definition) is 1. The zero-order valence-corrected chi connectivity index (χ0v) is 20.8. The highest BCUT2D eigenvalue weighted by Gasteiger charge is 2.31. The van der Waals surface area contributed by atoms with Gasteiger partial charge in [-0.25, -0.2) is 4.39 Å². The van der Waals surface area contributed by atoms with E-state index in [0.29, 0.717) is 11.4 Å². The van der Waals surface area contributed by atoms with Crippen LogP contribution in [0.5, 0.6) is 5.75 Å². The van der Waals surface area contributed by atoms with Crippen molar-refractivity contribution in [3.63, 3.8) is 0 Å². The highest BCUT2D eigenvalue weighted by molar-refractivity contribution is 6.34. The molecule has 0 fully saturated rings. The van der Waals surface area contributed by atoms with E-state index in [1.54, 1.807) is 30.3 Å². The first-order valence-corrected chi connectivity index (χ1v) is 12.1. The standard InChI is InChI=1S/C27H22ClFN4O5/c28-21-13-18(37-12-11-34)9-10-19(21)27(36)33-16-25(35)32(14-17-5-1-4-8-23(17)33)15-24-30-31-26(38-24)20-6-2-3-7-22(20)29/h1-10,13,34H,11-12,14-16H2. The molecule has 4 aromatic rings. The van der Waals surface area contributed by atoms with Gasteiger partial charge in [0.05, 0.1) is 29.3 Å². The number of ether oxygens (including phenoxy) is 1. The molecular weight excluding hydrogens is 515 g/mol. The van der Waals surface area contributed by atoms with E-state index in [-0.39, 0.29) is 66.7 Å². The number of fused-ring (bicyclic) bond motifs is 1. The van der Waals surface area contributed by atoms with E-state index in [2.05, 4.69) is 10.2 Å². The van der Waals surface area contributed by atoms with Gasteiger partial charge in [0.25, 0.3) is 11.8 Å². The number of halogens is 2. The average Bonchev–Trinajstić information content (AvgIpc) is 3.33. The topological polar surface area (TPSA) is 109 Å². The van der Waals surface area contributed by atoms with Crippen molar-refractivity contribution in [1.82, 2.24) is 15.1 Å². The predicted octanol–water partition coefficient (Wildman–Crippen LogP) is 4.09. The van der Waals surface area contributed by atoms with Crippen LogP contribution in [-0.2, 0) is 17.9 Å². The zero-order valence-electron chi connectivity index (χ0n) is 20.0. The van der Waals surface area contributed by atoms with Crippen LogP contribution >= 0.6 is 11.6 Å². The summed E-state index contributed by atoms with van der Waals surface area (Å²) in [6.45, 7) is -0.139. The molecule has 1 aromatic heterocycles. The Bertz CT molecular complexity index is 1490. The maximum atomic E-state index is 14.1. The summed E-state index contributed by atoms with van der Waals surface area (Å²) in [5.74, 6) is -0.740. The van der Waals surface area contributed by atoms with Gasteiger partial charge in [0, 0.05) is 12.2 Å². The molecule has 0 atom stereocenters. The maximum absolute atomic E-state index is 14.1. The molecule has 3 aromatic carbocycles. The van der Waals surface area contributed by atoms with Crippen LogP contribution in [0, 0.1) is 5.82 Å². The summed E-state index contributed by atoms with van der Waals surface area (Å²) >= 11 is 6.39. The number of aliphatic hydroxyl groups is 1. The molecule has 0 bridgehead atoms. The SMILES string of the molecule is O=C1CN(C(=O)c2ccc(OCCO)cc2Cl)c2ccccc2CN1Cc1nnc(-c2ccccc2F)o1. The molecule has 1 aliphatic rings. The summed E-state index contributed by atoms with van der Waals surface area (Å²) in [6, 6.07) is 17.8. The molecule has 2 heterocycles. The second-order valence-corrected chi connectivity index (χ2v) is 8.87. The minimum atomic E-state index is -0.497. The number of aliphatic hydroxyl groups excluding tert-OH is 1. The molecule has 38 heavy (non-hydrogen) atoms. The lowest BCUT2D eigenvalue weighted by atomic mass is 10.1. The molecule has 5 rings (SSSR count). The quantitative estimate of drug-likeness (QED) is 0.379. The van der Waals surface area contributed by atoms with Crippen molar-refractivity contribution in [3.8, 4) is 17.2 Å². The van der Waals surface area contributed by atoms with E-state index >= 15 is 0 Å². The van der Waals surface area contributed by atoms with Crippen LogP contribution in [0.2, 0.25) is 5.02 Å². The summed E-state index contributed by atoms with van der Waals surface area (Å²) in [4.78, 5) is 29.8. The Kier molecular flexibility index (Phi) is 7.34. The first-order chi connectivity index (χ1) is 18.4. The van der Waals surface area contributed by atoms with Gasteiger partial charge in [-0.2, -0.15) is 0 Å². The van der Waals surface area contributed by atoms with Gasteiger partial charge in [-0.3, -0.25) is 14.5 Å². The third kappa shape index (κ3) is 5.22. The van der Waals surface area contributed by atoms with Crippen LogP contribution in [0.4, 0.5) is 10.1 Å².